The summed E-state index contributed by atoms with van der Waals surface area (Å²) < 4.78 is 16.4. The second-order valence-corrected chi connectivity index (χ2v) is 4.92. The Hall–Kier alpha value is -0.680. The van der Waals surface area contributed by atoms with E-state index in [0.717, 1.165) is 11.0 Å². The van der Waals surface area contributed by atoms with Gasteiger partial charge >= 0.3 is 0 Å². The van der Waals surface area contributed by atoms with Gasteiger partial charge < -0.3 is 9.55 Å². The molecule has 1 aromatic heterocycles. The molecule has 0 aliphatic carbocycles. The van der Waals surface area contributed by atoms with Crippen molar-refractivity contribution in [2.45, 2.75) is 19.9 Å². The van der Waals surface area contributed by atoms with Crippen LogP contribution in [0.3, 0.4) is 0 Å². The quantitative estimate of drug-likeness (QED) is 0.781. The average Bonchev–Trinajstić information content (AvgIpc) is 2.41. The fraction of sp³-hybridized carbons (Fsp3) is 0.300. The molecule has 0 saturated carbocycles. The second-order valence-electron chi connectivity index (χ2n) is 3.68. The molecule has 1 N–H and O–H groups in total. The van der Waals surface area contributed by atoms with Crippen molar-refractivity contribution in [1.82, 2.24) is 9.55 Å². The smallest absolute Gasteiger partial charge is 0.178 e. The van der Waals surface area contributed by atoms with Gasteiger partial charge in [0.15, 0.2) is 4.77 Å². The number of hydrogen-bond acceptors (Lipinski definition) is 1. The summed E-state index contributed by atoms with van der Waals surface area (Å²) in [6, 6.07) is 3.41. The maximum Gasteiger partial charge on any atom is 0.178 e. The molecule has 2 rings (SSSR count). The van der Waals surface area contributed by atoms with Crippen LogP contribution in [0.4, 0.5) is 4.39 Å². The monoisotopic (exact) mass is 288 g/mol. The molecule has 2 nitrogen and oxygen atoms in total. The van der Waals surface area contributed by atoms with E-state index in [0.29, 0.717) is 9.24 Å². The lowest BCUT2D eigenvalue weighted by atomic mass is 10.3. The van der Waals surface area contributed by atoms with Crippen LogP contribution in [-0.4, -0.2) is 9.55 Å². The van der Waals surface area contributed by atoms with Crippen molar-refractivity contribution in [2.75, 3.05) is 0 Å². The Labute approximate surface area is 100 Å². The van der Waals surface area contributed by atoms with Crippen LogP contribution in [0.2, 0.25) is 0 Å². The number of halogens is 2. The lowest BCUT2D eigenvalue weighted by Crippen LogP contribution is -2.00. The van der Waals surface area contributed by atoms with Gasteiger partial charge in [-0.1, -0.05) is 0 Å². The molecule has 0 bridgehead atoms. The minimum absolute atomic E-state index is 0.215. The number of benzene rings is 1. The molecular formula is C10H10BrFN2S. The SMILES string of the molecule is CC(C)n1c(=S)[nH]c2cc(Br)c(F)cc21. The van der Waals surface area contributed by atoms with Crippen molar-refractivity contribution >= 4 is 39.2 Å². The highest BCUT2D eigenvalue weighted by Gasteiger charge is 2.10. The molecule has 0 aliphatic heterocycles. The van der Waals surface area contributed by atoms with Gasteiger partial charge in [0.05, 0.1) is 15.5 Å². The first kappa shape index (κ1) is 10.8. The van der Waals surface area contributed by atoms with Gasteiger partial charge in [-0.2, -0.15) is 0 Å². The van der Waals surface area contributed by atoms with Crippen molar-refractivity contribution in [3.63, 3.8) is 0 Å². The predicted octanol–water partition coefficient (Wildman–Crippen LogP) is 4.18. The maximum absolute atomic E-state index is 13.4. The van der Waals surface area contributed by atoms with Crippen LogP contribution in [0, 0.1) is 10.6 Å². The summed E-state index contributed by atoms with van der Waals surface area (Å²) in [5.74, 6) is -0.272. The van der Waals surface area contributed by atoms with Gasteiger partial charge in [-0.25, -0.2) is 4.39 Å². The molecule has 0 atom stereocenters. The minimum atomic E-state index is -0.272. The van der Waals surface area contributed by atoms with Gasteiger partial charge in [0.2, 0.25) is 0 Å². The molecule has 1 heterocycles. The number of aromatic nitrogens is 2. The first-order valence-electron chi connectivity index (χ1n) is 4.60. The fourth-order valence-electron chi connectivity index (χ4n) is 1.63. The lowest BCUT2D eigenvalue weighted by molar-refractivity contribution is 0.601. The summed E-state index contributed by atoms with van der Waals surface area (Å²) in [5.41, 5.74) is 1.65. The van der Waals surface area contributed by atoms with E-state index in [4.69, 9.17) is 12.2 Å². The number of nitrogens with one attached hydrogen (secondary N) is 1. The number of fused-ring (bicyclic) bond motifs is 1. The third-order valence-corrected chi connectivity index (χ3v) is 3.18. The second kappa shape index (κ2) is 3.72. The summed E-state index contributed by atoms with van der Waals surface area (Å²) in [6.07, 6.45) is 0. The van der Waals surface area contributed by atoms with E-state index >= 15 is 0 Å². The Morgan fingerprint density at radius 1 is 1.47 bits per heavy atom. The molecule has 0 saturated heterocycles. The number of imidazole rings is 1. The highest BCUT2D eigenvalue weighted by atomic mass is 79.9. The summed E-state index contributed by atoms with van der Waals surface area (Å²) in [4.78, 5) is 3.06. The topological polar surface area (TPSA) is 20.7 Å². The van der Waals surface area contributed by atoms with Gasteiger partial charge in [-0.05, 0) is 48.1 Å². The van der Waals surface area contributed by atoms with E-state index in [1.165, 1.54) is 6.07 Å². The number of aromatic amines is 1. The average molecular weight is 289 g/mol. The van der Waals surface area contributed by atoms with E-state index in [1.807, 2.05) is 18.4 Å². The van der Waals surface area contributed by atoms with Gasteiger partial charge in [-0.3, -0.25) is 0 Å². The number of nitrogens with zero attached hydrogens (tertiary/aromatic N) is 1. The summed E-state index contributed by atoms with van der Waals surface area (Å²) in [7, 11) is 0. The highest BCUT2D eigenvalue weighted by Crippen LogP contribution is 2.25. The van der Waals surface area contributed by atoms with Gasteiger partial charge in [-0.15, -0.1) is 0 Å². The lowest BCUT2D eigenvalue weighted by Gasteiger charge is -2.08. The van der Waals surface area contributed by atoms with Crippen LogP contribution < -0.4 is 0 Å². The summed E-state index contributed by atoms with van der Waals surface area (Å²) in [5, 5.41) is 0. The third kappa shape index (κ3) is 1.74. The van der Waals surface area contributed by atoms with Crippen LogP contribution in [0.5, 0.6) is 0 Å². The van der Waals surface area contributed by atoms with E-state index in [9.17, 15) is 4.39 Å². The Balaban J connectivity index is 2.88. The Morgan fingerprint density at radius 2 is 2.13 bits per heavy atom. The maximum atomic E-state index is 13.4. The van der Waals surface area contributed by atoms with E-state index in [-0.39, 0.29) is 11.9 Å². The number of hydrogen-bond donors (Lipinski definition) is 1. The Morgan fingerprint density at radius 3 is 2.73 bits per heavy atom. The molecule has 2 aromatic rings. The standard InChI is InChI=1S/C10H10BrFN2S/c1-5(2)14-9-4-7(12)6(11)3-8(9)13-10(14)15/h3-5H,1-2H3,(H,13,15). The van der Waals surface area contributed by atoms with E-state index < -0.39 is 0 Å². The molecule has 0 amide bonds. The third-order valence-electron chi connectivity index (χ3n) is 2.27. The highest BCUT2D eigenvalue weighted by molar-refractivity contribution is 9.10. The first-order valence-corrected chi connectivity index (χ1v) is 5.80. The normalized spacial score (nSPS) is 11.5. The number of rotatable bonds is 1. The van der Waals surface area contributed by atoms with Crippen molar-refractivity contribution in [1.29, 1.82) is 0 Å². The molecule has 0 unspecified atom stereocenters. The van der Waals surface area contributed by atoms with Crippen LogP contribution in [0.1, 0.15) is 19.9 Å². The summed E-state index contributed by atoms with van der Waals surface area (Å²) >= 11 is 8.33. The molecule has 0 aliphatic rings. The van der Waals surface area contributed by atoms with Crippen molar-refractivity contribution in [2.24, 2.45) is 0 Å². The Bertz CT molecular complexity index is 571. The molecule has 5 heteroatoms. The molecule has 0 fully saturated rings. The molecule has 0 spiro atoms. The zero-order chi connectivity index (χ0) is 11.2. The number of H-pyrrole nitrogens is 1. The molecular weight excluding hydrogens is 279 g/mol. The van der Waals surface area contributed by atoms with E-state index in [1.54, 1.807) is 6.07 Å². The van der Waals surface area contributed by atoms with Crippen molar-refractivity contribution in [3.05, 3.63) is 27.2 Å². The molecule has 0 radical (unpaired) electrons. The van der Waals surface area contributed by atoms with Crippen LogP contribution in [-0.2, 0) is 0 Å². The van der Waals surface area contributed by atoms with Gasteiger partial charge in [0, 0.05) is 12.1 Å². The Kier molecular flexibility index (Phi) is 2.68. The molecule has 1 aromatic carbocycles. The first-order chi connectivity index (χ1) is 7.00. The van der Waals surface area contributed by atoms with Crippen molar-refractivity contribution < 1.29 is 4.39 Å². The van der Waals surface area contributed by atoms with Gasteiger partial charge in [0.1, 0.15) is 5.82 Å². The molecule has 15 heavy (non-hydrogen) atoms. The van der Waals surface area contributed by atoms with Crippen molar-refractivity contribution in [3.8, 4) is 0 Å². The molecule has 80 valence electrons. The van der Waals surface area contributed by atoms with Gasteiger partial charge in [0.25, 0.3) is 0 Å². The largest absolute Gasteiger partial charge is 0.331 e. The van der Waals surface area contributed by atoms with E-state index in [2.05, 4.69) is 20.9 Å². The minimum Gasteiger partial charge on any atom is -0.331 e. The predicted molar refractivity (Wildman–Crippen MR) is 65.2 cm³/mol. The summed E-state index contributed by atoms with van der Waals surface area (Å²) in [6.45, 7) is 4.03. The van der Waals surface area contributed by atoms with Crippen LogP contribution in [0.15, 0.2) is 16.6 Å². The van der Waals surface area contributed by atoms with Crippen LogP contribution >= 0.6 is 28.1 Å². The zero-order valence-corrected chi connectivity index (χ0v) is 10.7. The fourth-order valence-corrected chi connectivity index (χ4v) is 2.40. The zero-order valence-electron chi connectivity index (χ0n) is 8.34. The van der Waals surface area contributed by atoms with Crippen LogP contribution in [0.25, 0.3) is 11.0 Å².